The van der Waals surface area contributed by atoms with Crippen LogP contribution in [0, 0.1) is 12.8 Å². The Labute approximate surface area is 149 Å². The summed E-state index contributed by atoms with van der Waals surface area (Å²) in [5.74, 6) is 0.481. The van der Waals surface area contributed by atoms with Crippen LogP contribution in [0.5, 0.6) is 0 Å². The van der Waals surface area contributed by atoms with Crippen molar-refractivity contribution in [2.75, 3.05) is 6.54 Å². The van der Waals surface area contributed by atoms with E-state index in [9.17, 15) is 9.90 Å². The van der Waals surface area contributed by atoms with Gasteiger partial charge in [0, 0.05) is 35.6 Å². The number of hydrogen-bond donors (Lipinski definition) is 2. The van der Waals surface area contributed by atoms with Gasteiger partial charge in [-0.2, -0.15) is 0 Å². The number of benzene rings is 1. The lowest BCUT2D eigenvalue weighted by Gasteiger charge is -2.37. The molecule has 3 atom stereocenters. The number of amides is 1. The lowest BCUT2D eigenvalue weighted by atomic mass is 9.80. The number of nitrogens with zero attached hydrogens (tertiary/aromatic N) is 1. The van der Waals surface area contributed by atoms with Gasteiger partial charge in [-0.25, -0.2) is 0 Å². The number of aryl methyl sites for hydroxylation is 1. The molecule has 1 aromatic carbocycles. The molecule has 1 aromatic heterocycles. The SMILES string of the molecule is Cc1cccc2[nH]cc(CC(=O)N3CCC[C@@H]3[C@@H]3CCCC[C@@H]3O)c12. The van der Waals surface area contributed by atoms with Crippen molar-refractivity contribution in [3.63, 3.8) is 0 Å². The van der Waals surface area contributed by atoms with E-state index in [2.05, 4.69) is 28.9 Å². The maximum absolute atomic E-state index is 13.1. The van der Waals surface area contributed by atoms with E-state index in [0.29, 0.717) is 6.42 Å². The van der Waals surface area contributed by atoms with Crippen LogP contribution in [-0.2, 0) is 11.2 Å². The Morgan fingerprint density at radius 3 is 2.92 bits per heavy atom. The van der Waals surface area contributed by atoms with Crippen LogP contribution >= 0.6 is 0 Å². The number of carbonyl (C=O) groups is 1. The summed E-state index contributed by atoms with van der Waals surface area (Å²) in [6.45, 7) is 2.94. The number of aromatic nitrogens is 1. The van der Waals surface area contributed by atoms with Crippen molar-refractivity contribution in [2.24, 2.45) is 5.92 Å². The van der Waals surface area contributed by atoms with Gasteiger partial charge in [-0.1, -0.05) is 25.0 Å². The summed E-state index contributed by atoms with van der Waals surface area (Å²) >= 11 is 0. The van der Waals surface area contributed by atoms with Gasteiger partial charge in [-0.15, -0.1) is 0 Å². The number of aromatic amines is 1. The largest absolute Gasteiger partial charge is 0.393 e. The molecule has 4 nitrogen and oxygen atoms in total. The molecule has 2 heterocycles. The third-order valence-electron chi connectivity index (χ3n) is 6.23. The lowest BCUT2D eigenvalue weighted by Crippen LogP contribution is -2.45. The third kappa shape index (κ3) is 3.08. The Hall–Kier alpha value is -1.81. The minimum atomic E-state index is -0.234. The molecule has 4 heteroatoms. The highest BCUT2D eigenvalue weighted by atomic mass is 16.3. The van der Waals surface area contributed by atoms with E-state index in [1.54, 1.807) is 0 Å². The van der Waals surface area contributed by atoms with Crippen LogP contribution in [0.15, 0.2) is 24.4 Å². The van der Waals surface area contributed by atoms with Crippen molar-refractivity contribution >= 4 is 16.8 Å². The minimum Gasteiger partial charge on any atom is -0.393 e. The average molecular weight is 340 g/mol. The maximum Gasteiger partial charge on any atom is 0.227 e. The highest BCUT2D eigenvalue weighted by Gasteiger charge is 2.38. The van der Waals surface area contributed by atoms with Crippen LogP contribution in [0.4, 0.5) is 0 Å². The Kier molecular flexibility index (Phi) is 4.55. The highest BCUT2D eigenvalue weighted by Crippen LogP contribution is 2.35. The summed E-state index contributed by atoms with van der Waals surface area (Å²) in [5.41, 5.74) is 3.40. The van der Waals surface area contributed by atoms with Crippen molar-refractivity contribution in [1.29, 1.82) is 0 Å². The number of nitrogens with one attached hydrogen (secondary N) is 1. The zero-order chi connectivity index (χ0) is 17.4. The van der Waals surface area contributed by atoms with E-state index in [1.807, 2.05) is 12.3 Å². The molecule has 2 aliphatic rings. The molecule has 134 valence electrons. The molecular weight excluding hydrogens is 312 g/mol. The zero-order valence-electron chi connectivity index (χ0n) is 15.0. The van der Waals surface area contributed by atoms with Crippen molar-refractivity contribution in [3.05, 3.63) is 35.5 Å². The predicted octanol–water partition coefficient (Wildman–Crippen LogP) is 3.56. The molecule has 0 bridgehead atoms. The van der Waals surface area contributed by atoms with Gasteiger partial charge in [0.25, 0.3) is 0 Å². The number of likely N-dealkylation sites (tertiary alicyclic amines) is 1. The standard InChI is InChI=1S/C21H28N2O2/c1-14-6-4-8-17-21(14)15(13-22-17)12-20(25)23-11-5-9-18(23)16-7-2-3-10-19(16)24/h4,6,8,13,16,18-19,22,24H,2-3,5,7,9-12H2,1H3/t16-,18+,19-/m0/s1. The van der Waals surface area contributed by atoms with Gasteiger partial charge in [0.15, 0.2) is 0 Å². The summed E-state index contributed by atoms with van der Waals surface area (Å²) < 4.78 is 0. The molecular formula is C21H28N2O2. The van der Waals surface area contributed by atoms with Crippen molar-refractivity contribution in [1.82, 2.24) is 9.88 Å². The highest BCUT2D eigenvalue weighted by molar-refractivity contribution is 5.91. The molecule has 25 heavy (non-hydrogen) atoms. The first-order chi connectivity index (χ1) is 12.1. The number of aliphatic hydroxyl groups excluding tert-OH is 1. The maximum atomic E-state index is 13.1. The van der Waals surface area contributed by atoms with Crippen LogP contribution < -0.4 is 0 Å². The topological polar surface area (TPSA) is 56.3 Å². The second-order valence-corrected chi connectivity index (χ2v) is 7.80. The van der Waals surface area contributed by atoms with Crippen LogP contribution in [0.2, 0.25) is 0 Å². The first-order valence-electron chi connectivity index (χ1n) is 9.68. The molecule has 2 fully saturated rings. The first kappa shape index (κ1) is 16.6. The van der Waals surface area contributed by atoms with Gasteiger partial charge < -0.3 is 15.0 Å². The van der Waals surface area contributed by atoms with Crippen molar-refractivity contribution in [2.45, 2.75) is 64.0 Å². The van der Waals surface area contributed by atoms with Gasteiger partial charge in [-0.05, 0) is 49.8 Å². The molecule has 1 saturated heterocycles. The molecule has 0 unspecified atom stereocenters. The summed E-state index contributed by atoms with van der Waals surface area (Å²) in [6, 6.07) is 6.43. The van der Waals surface area contributed by atoms with Crippen LogP contribution in [0.1, 0.15) is 49.7 Å². The summed E-state index contributed by atoms with van der Waals surface area (Å²) in [7, 11) is 0. The fourth-order valence-corrected chi connectivity index (χ4v) is 4.99. The van der Waals surface area contributed by atoms with Crippen LogP contribution in [0.25, 0.3) is 10.9 Å². The number of carbonyl (C=O) groups excluding carboxylic acids is 1. The normalized spacial score (nSPS) is 27.1. The minimum absolute atomic E-state index is 0.212. The van der Waals surface area contributed by atoms with Gasteiger partial charge >= 0.3 is 0 Å². The van der Waals surface area contributed by atoms with Crippen LogP contribution in [-0.4, -0.2) is 39.6 Å². The molecule has 0 spiro atoms. The van der Waals surface area contributed by atoms with E-state index in [1.165, 1.54) is 17.4 Å². The average Bonchev–Trinajstić information content (AvgIpc) is 3.23. The van der Waals surface area contributed by atoms with E-state index < -0.39 is 0 Å². The smallest absolute Gasteiger partial charge is 0.227 e. The van der Waals surface area contributed by atoms with Crippen molar-refractivity contribution < 1.29 is 9.90 Å². The molecule has 2 N–H and O–H groups in total. The second kappa shape index (κ2) is 6.83. The molecule has 1 aliphatic carbocycles. The van der Waals surface area contributed by atoms with E-state index in [4.69, 9.17) is 0 Å². The van der Waals surface area contributed by atoms with E-state index in [-0.39, 0.29) is 24.0 Å². The Morgan fingerprint density at radius 1 is 1.24 bits per heavy atom. The lowest BCUT2D eigenvalue weighted by molar-refractivity contribution is -0.133. The molecule has 1 saturated carbocycles. The van der Waals surface area contributed by atoms with Gasteiger partial charge in [0.2, 0.25) is 5.91 Å². The Balaban J connectivity index is 1.53. The monoisotopic (exact) mass is 340 g/mol. The quantitative estimate of drug-likeness (QED) is 0.897. The summed E-state index contributed by atoms with van der Waals surface area (Å²) in [5, 5.41) is 11.6. The number of hydrogen-bond acceptors (Lipinski definition) is 2. The molecule has 1 aliphatic heterocycles. The molecule has 0 radical (unpaired) electrons. The number of H-pyrrole nitrogens is 1. The summed E-state index contributed by atoms with van der Waals surface area (Å²) in [6.07, 6.45) is 8.55. The molecule has 2 aromatic rings. The van der Waals surface area contributed by atoms with Gasteiger partial charge in [0.1, 0.15) is 0 Å². The fraction of sp³-hybridized carbons (Fsp3) is 0.571. The van der Waals surface area contributed by atoms with Crippen LogP contribution in [0.3, 0.4) is 0 Å². The first-order valence-corrected chi connectivity index (χ1v) is 9.68. The fourth-order valence-electron chi connectivity index (χ4n) is 4.99. The van der Waals surface area contributed by atoms with Gasteiger partial charge in [0.05, 0.1) is 12.5 Å². The molecule has 1 amide bonds. The summed E-state index contributed by atoms with van der Waals surface area (Å²) in [4.78, 5) is 18.4. The van der Waals surface area contributed by atoms with Crippen molar-refractivity contribution in [3.8, 4) is 0 Å². The Bertz CT molecular complexity index is 766. The van der Waals surface area contributed by atoms with E-state index in [0.717, 1.165) is 49.7 Å². The Morgan fingerprint density at radius 2 is 2.08 bits per heavy atom. The number of fused-ring (bicyclic) bond motifs is 1. The van der Waals surface area contributed by atoms with E-state index >= 15 is 0 Å². The number of aliphatic hydroxyl groups is 1. The zero-order valence-corrected chi connectivity index (χ0v) is 15.0. The number of rotatable bonds is 3. The van der Waals surface area contributed by atoms with Gasteiger partial charge in [-0.3, -0.25) is 4.79 Å². The third-order valence-corrected chi connectivity index (χ3v) is 6.23. The second-order valence-electron chi connectivity index (χ2n) is 7.80. The predicted molar refractivity (Wildman–Crippen MR) is 99.4 cm³/mol. The molecule has 4 rings (SSSR count).